The number of nitrogens with zero attached hydrogens (tertiary/aromatic N) is 3. The van der Waals surface area contributed by atoms with Gasteiger partial charge < -0.3 is 5.32 Å². The van der Waals surface area contributed by atoms with Gasteiger partial charge in [0.2, 0.25) is 5.91 Å². The van der Waals surface area contributed by atoms with Crippen LogP contribution in [0.25, 0.3) is 10.9 Å². The van der Waals surface area contributed by atoms with Crippen LogP contribution in [0.3, 0.4) is 0 Å². The van der Waals surface area contributed by atoms with Crippen LogP contribution in [0, 0.1) is 15.9 Å². The molecule has 1 aliphatic rings. The standard InChI is InChI=1S/C19H13FN4O5/c20-14-7-15-10(1-4-18(26)22-15)5-13(14)17(25)8-23-9-21-16-6-11(24(28)29)2-3-12(16)19(23)27/h2-3,5-7,9H,1,4,8H2,(H,22,26). The number of rotatable bonds is 4. The molecule has 1 aromatic heterocycles. The van der Waals surface area contributed by atoms with E-state index in [9.17, 15) is 28.9 Å². The molecule has 0 radical (unpaired) electrons. The van der Waals surface area contributed by atoms with Gasteiger partial charge in [-0.15, -0.1) is 0 Å². The van der Waals surface area contributed by atoms with E-state index < -0.39 is 28.6 Å². The molecule has 0 fully saturated rings. The summed E-state index contributed by atoms with van der Waals surface area (Å²) in [4.78, 5) is 50.9. The van der Waals surface area contributed by atoms with Crippen molar-refractivity contribution in [3.05, 3.63) is 74.1 Å². The smallest absolute Gasteiger partial charge is 0.271 e. The predicted octanol–water partition coefficient (Wildman–Crippen LogP) is 2.21. The lowest BCUT2D eigenvalue weighted by molar-refractivity contribution is -0.384. The van der Waals surface area contributed by atoms with E-state index in [4.69, 9.17) is 0 Å². The van der Waals surface area contributed by atoms with Crippen molar-refractivity contribution in [2.24, 2.45) is 0 Å². The van der Waals surface area contributed by atoms with Gasteiger partial charge in [0, 0.05) is 24.2 Å². The minimum Gasteiger partial charge on any atom is -0.326 e. The number of nitro benzene ring substituents is 1. The number of hydrogen-bond donors (Lipinski definition) is 1. The summed E-state index contributed by atoms with van der Waals surface area (Å²) < 4.78 is 15.4. The van der Waals surface area contributed by atoms with E-state index in [1.165, 1.54) is 24.3 Å². The Bertz CT molecular complexity index is 1270. The summed E-state index contributed by atoms with van der Waals surface area (Å²) in [6.07, 6.45) is 1.73. The second kappa shape index (κ2) is 6.89. The quantitative estimate of drug-likeness (QED) is 0.410. The van der Waals surface area contributed by atoms with Crippen LogP contribution in [0.5, 0.6) is 0 Å². The maximum atomic E-state index is 14.4. The van der Waals surface area contributed by atoms with Crippen LogP contribution in [0.15, 0.2) is 41.5 Å². The highest BCUT2D eigenvalue weighted by Crippen LogP contribution is 2.26. The number of amides is 1. The third-order valence-electron chi connectivity index (χ3n) is 4.72. The normalized spacial score (nSPS) is 13.1. The number of ketones is 1. The largest absolute Gasteiger partial charge is 0.326 e. The van der Waals surface area contributed by atoms with Gasteiger partial charge in [0.25, 0.3) is 11.2 Å². The summed E-state index contributed by atoms with van der Waals surface area (Å²) in [6.45, 7) is -0.444. The van der Waals surface area contributed by atoms with E-state index in [-0.39, 0.29) is 34.5 Å². The van der Waals surface area contributed by atoms with Gasteiger partial charge in [-0.05, 0) is 30.2 Å². The number of carbonyl (C=O) groups excluding carboxylic acids is 2. The highest BCUT2D eigenvalue weighted by molar-refractivity contribution is 5.99. The molecule has 0 atom stereocenters. The third-order valence-corrected chi connectivity index (χ3v) is 4.72. The maximum absolute atomic E-state index is 14.4. The Kier molecular flexibility index (Phi) is 4.38. The number of non-ortho nitro benzene ring substituents is 1. The number of aryl methyl sites for hydroxylation is 1. The maximum Gasteiger partial charge on any atom is 0.271 e. The second-order valence-corrected chi connectivity index (χ2v) is 6.60. The van der Waals surface area contributed by atoms with Crippen LogP contribution < -0.4 is 10.9 Å². The van der Waals surface area contributed by atoms with Crippen LogP contribution in [-0.2, 0) is 17.8 Å². The summed E-state index contributed by atoms with van der Waals surface area (Å²) in [5.74, 6) is -1.65. The van der Waals surface area contributed by atoms with Gasteiger partial charge in [-0.3, -0.25) is 29.1 Å². The Morgan fingerprint density at radius 3 is 2.79 bits per heavy atom. The minimum atomic E-state index is -0.798. The predicted molar refractivity (Wildman–Crippen MR) is 100 cm³/mol. The molecule has 10 heteroatoms. The number of benzene rings is 2. The zero-order valence-corrected chi connectivity index (χ0v) is 14.8. The van der Waals surface area contributed by atoms with Gasteiger partial charge in [-0.1, -0.05) is 0 Å². The lowest BCUT2D eigenvalue weighted by atomic mass is 9.98. The topological polar surface area (TPSA) is 124 Å². The molecule has 4 rings (SSSR count). The van der Waals surface area contributed by atoms with Crippen LogP contribution >= 0.6 is 0 Å². The van der Waals surface area contributed by atoms with Gasteiger partial charge in [-0.2, -0.15) is 0 Å². The summed E-state index contributed by atoms with van der Waals surface area (Å²) >= 11 is 0. The first-order valence-electron chi connectivity index (χ1n) is 8.62. The average molecular weight is 396 g/mol. The molecule has 3 aromatic rings. The molecule has 9 nitrogen and oxygen atoms in total. The molecule has 1 N–H and O–H groups in total. The molecule has 2 aromatic carbocycles. The molecule has 2 heterocycles. The first-order valence-corrected chi connectivity index (χ1v) is 8.62. The number of aromatic nitrogens is 2. The molecule has 1 amide bonds. The number of halogens is 1. The first-order chi connectivity index (χ1) is 13.8. The van der Waals surface area contributed by atoms with Gasteiger partial charge in [-0.25, -0.2) is 9.37 Å². The zero-order valence-electron chi connectivity index (χ0n) is 14.8. The molecule has 146 valence electrons. The van der Waals surface area contributed by atoms with Crippen molar-refractivity contribution in [2.45, 2.75) is 19.4 Å². The van der Waals surface area contributed by atoms with E-state index in [2.05, 4.69) is 10.3 Å². The number of fused-ring (bicyclic) bond motifs is 2. The Labute approximate surface area is 161 Å². The van der Waals surface area contributed by atoms with E-state index in [0.717, 1.165) is 17.0 Å². The summed E-state index contributed by atoms with van der Waals surface area (Å²) in [5.41, 5.74) is 0.150. The summed E-state index contributed by atoms with van der Waals surface area (Å²) in [6, 6.07) is 6.09. The molecule has 0 aliphatic carbocycles. The number of Topliss-reactive ketones (excluding diaryl/α,β-unsaturated/α-hetero) is 1. The average Bonchev–Trinajstić information content (AvgIpc) is 2.69. The molecule has 0 saturated heterocycles. The molecule has 0 spiro atoms. The van der Waals surface area contributed by atoms with E-state index >= 15 is 0 Å². The fourth-order valence-corrected chi connectivity index (χ4v) is 3.23. The molecular formula is C19H13FN4O5. The molecular weight excluding hydrogens is 383 g/mol. The zero-order chi connectivity index (χ0) is 20.7. The van der Waals surface area contributed by atoms with Crippen LogP contribution in [-0.4, -0.2) is 26.2 Å². The third kappa shape index (κ3) is 3.35. The molecule has 0 bridgehead atoms. The van der Waals surface area contributed by atoms with Crippen molar-refractivity contribution in [2.75, 3.05) is 5.32 Å². The van der Waals surface area contributed by atoms with Gasteiger partial charge in [0.05, 0.1) is 34.3 Å². The molecule has 29 heavy (non-hydrogen) atoms. The first kappa shape index (κ1) is 18.4. The lowest BCUT2D eigenvalue weighted by Gasteiger charge is -2.18. The fraction of sp³-hybridized carbons (Fsp3) is 0.158. The van der Waals surface area contributed by atoms with Crippen molar-refractivity contribution >= 4 is 34.0 Å². The van der Waals surface area contributed by atoms with Crippen LogP contribution in [0.2, 0.25) is 0 Å². The minimum absolute atomic E-state index is 0.111. The number of hydrogen-bond acceptors (Lipinski definition) is 6. The fourth-order valence-electron chi connectivity index (χ4n) is 3.23. The van der Waals surface area contributed by atoms with Gasteiger partial charge in [0.15, 0.2) is 5.78 Å². The molecule has 1 aliphatic heterocycles. The van der Waals surface area contributed by atoms with Crippen molar-refractivity contribution < 1.29 is 18.9 Å². The van der Waals surface area contributed by atoms with Gasteiger partial charge >= 0.3 is 0 Å². The Hall–Kier alpha value is -3.95. The SMILES string of the molecule is O=C1CCc2cc(C(=O)Cn3cnc4cc([N+](=O)[O-])ccc4c3=O)c(F)cc2N1. The lowest BCUT2D eigenvalue weighted by Crippen LogP contribution is -2.25. The molecule has 0 saturated carbocycles. The van der Waals surface area contributed by atoms with E-state index in [1.54, 1.807) is 0 Å². The van der Waals surface area contributed by atoms with Crippen LogP contribution in [0.4, 0.5) is 15.8 Å². The Morgan fingerprint density at radius 2 is 2.03 bits per heavy atom. The Balaban J connectivity index is 1.66. The monoisotopic (exact) mass is 396 g/mol. The molecule has 0 unspecified atom stereocenters. The van der Waals surface area contributed by atoms with Crippen molar-refractivity contribution in [3.8, 4) is 0 Å². The Morgan fingerprint density at radius 1 is 1.24 bits per heavy atom. The highest BCUT2D eigenvalue weighted by Gasteiger charge is 2.21. The van der Waals surface area contributed by atoms with Crippen LogP contribution in [0.1, 0.15) is 22.3 Å². The van der Waals surface area contributed by atoms with Crippen molar-refractivity contribution in [3.63, 3.8) is 0 Å². The highest BCUT2D eigenvalue weighted by atomic mass is 19.1. The second-order valence-electron chi connectivity index (χ2n) is 6.60. The van der Waals surface area contributed by atoms with Gasteiger partial charge in [0.1, 0.15) is 5.82 Å². The summed E-state index contributed by atoms with van der Waals surface area (Å²) in [5, 5.41) is 13.5. The number of anilines is 1. The van der Waals surface area contributed by atoms with E-state index in [0.29, 0.717) is 17.7 Å². The number of nitrogens with one attached hydrogen (secondary N) is 1. The number of carbonyl (C=O) groups is 2. The van der Waals surface area contributed by atoms with Crippen molar-refractivity contribution in [1.82, 2.24) is 9.55 Å². The number of nitro groups is 1. The van der Waals surface area contributed by atoms with E-state index in [1.807, 2.05) is 0 Å². The summed E-state index contributed by atoms with van der Waals surface area (Å²) in [7, 11) is 0. The van der Waals surface area contributed by atoms with Crippen molar-refractivity contribution in [1.29, 1.82) is 0 Å².